The number of hydrogen-bond donors (Lipinski definition) is 1. The molecule has 2 aromatic heterocycles. The summed E-state index contributed by atoms with van der Waals surface area (Å²) in [5, 5.41) is 8.60. The second-order valence-electron chi connectivity index (χ2n) is 4.46. The molecule has 0 bridgehead atoms. The molecule has 0 radical (unpaired) electrons. The van der Waals surface area contributed by atoms with Gasteiger partial charge in [0.2, 0.25) is 6.39 Å². The van der Waals surface area contributed by atoms with E-state index in [4.69, 9.17) is 4.52 Å². The number of thiophene rings is 1. The Bertz CT molecular complexity index is 615. The van der Waals surface area contributed by atoms with E-state index in [1.165, 1.54) is 21.4 Å². The molecule has 1 N–H and O–H groups in total. The summed E-state index contributed by atoms with van der Waals surface area (Å²) in [4.78, 5) is 5.36. The van der Waals surface area contributed by atoms with E-state index >= 15 is 0 Å². The largest absolute Gasteiger partial charge is 0.343 e. The van der Waals surface area contributed by atoms with Gasteiger partial charge in [-0.15, -0.1) is 11.3 Å². The van der Waals surface area contributed by atoms with E-state index < -0.39 is 0 Å². The number of benzene rings is 1. The minimum atomic E-state index is 0.337. The first-order chi connectivity index (χ1) is 9.33. The number of hydrogen-bond acceptors (Lipinski definition) is 5. The maximum Gasteiger partial charge on any atom is 0.213 e. The van der Waals surface area contributed by atoms with E-state index in [2.05, 4.69) is 52.7 Å². The molecule has 5 heteroatoms. The van der Waals surface area contributed by atoms with Crippen LogP contribution < -0.4 is 5.32 Å². The fraction of sp³-hybridized carbons (Fsp3) is 0.286. The molecular formula is C14H15N3OS. The second-order valence-corrected chi connectivity index (χ2v) is 5.58. The quantitative estimate of drug-likeness (QED) is 0.775. The SMILES string of the molecule is CC(NCCc1ncon1)c1cc2ccccc2s1. The summed E-state index contributed by atoms with van der Waals surface area (Å²) in [7, 11) is 0. The number of nitrogens with one attached hydrogen (secondary N) is 1. The van der Waals surface area contributed by atoms with Crippen molar-refractivity contribution in [2.24, 2.45) is 0 Å². The van der Waals surface area contributed by atoms with Crippen LogP contribution in [0.25, 0.3) is 10.1 Å². The van der Waals surface area contributed by atoms with Crippen LogP contribution in [0.4, 0.5) is 0 Å². The Kier molecular flexibility index (Phi) is 3.57. The average molecular weight is 273 g/mol. The summed E-state index contributed by atoms with van der Waals surface area (Å²) in [5.41, 5.74) is 0. The third-order valence-corrected chi connectivity index (χ3v) is 4.38. The Labute approximate surface area is 115 Å². The van der Waals surface area contributed by atoms with Crippen molar-refractivity contribution in [2.75, 3.05) is 6.54 Å². The molecule has 0 aliphatic carbocycles. The fourth-order valence-electron chi connectivity index (χ4n) is 2.02. The molecule has 0 spiro atoms. The number of rotatable bonds is 5. The van der Waals surface area contributed by atoms with Crippen molar-refractivity contribution in [1.29, 1.82) is 0 Å². The first-order valence-electron chi connectivity index (χ1n) is 6.30. The van der Waals surface area contributed by atoms with Crippen molar-refractivity contribution < 1.29 is 4.52 Å². The van der Waals surface area contributed by atoms with Crippen LogP contribution in [0.2, 0.25) is 0 Å². The van der Waals surface area contributed by atoms with Crippen LogP contribution in [0.1, 0.15) is 23.7 Å². The normalized spacial score (nSPS) is 12.9. The number of nitrogens with zero attached hydrogens (tertiary/aromatic N) is 2. The van der Waals surface area contributed by atoms with Crippen LogP contribution in [0, 0.1) is 0 Å². The van der Waals surface area contributed by atoms with Gasteiger partial charge in [0.1, 0.15) is 0 Å². The molecule has 1 aromatic carbocycles. The van der Waals surface area contributed by atoms with Crippen LogP contribution in [0.3, 0.4) is 0 Å². The average Bonchev–Trinajstić information content (AvgIpc) is 3.07. The van der Waals surface area contributed by atoms with Gasteiger partial charge in [-0.2, -0.15) is 4.98 Å². The van der Waals surface area contributed by atoms with E-state index in [1.54, 1.807) is 0 Å². The van der Waals surface area contributed by atoms with Gasteiger partial charge in [-0.25, -0.2) is 0 Å². The van der Waals surface area contributed by atoms with Gasteiger partial charge in [0.05, 0.1) is 0 Å². The van der Waals surface area contributed by atoms with E-state index in [9.17, 15) is 0 Å². The molecule has 19 heavy (non-hydrogen) atoms. The Hall–Kier alpha value is -1.72. The molecular weight excluding hydrogens is 258 g/mol. The van der Waals surface area contributed by atoms with Crippen LogP contribution >= 0.6 is 11.3 Å². The lowest BCUT2D eigenvalue weighted by Crippen LogP contribution is -2.20. The van der Waals surface area contributed by atoms with Crippen molar-refractivity contribution in [3.05, 3.63) is 47.4 Å². The molecule has 0 aliphatic heterocycles. The third kappa shape index (κ3) is 2.83. The molecule has 0 saturated heterocycles. The summed E-state index contributed by atoms with van der Waals surface area (Å²) >= 11 is 1.84. The van der Waals surface area contributed by atoms with Crippen molar-refractivity contribution in [3.63, 3.8) is 0 Å². The predicted molar refractivity (Wildman–Crippen MR) is 76.2 cm³/mol. The molecule has 0 saturated carbocycles. The lowest BCUT2D eigenvalue weighted by atomic mass is 10.2. The first-order valence-corrected chi connectivity index (χ1v) is 7.11. The fourth-order valence-corrected chi connectivity index (χ4v) is 3.11. The Balaban J connectivity index is 1.61. The van der Waals surface area contributed by atoms with E-state index in [1.807, 2.05) is 11.3 Å². The van der Waals surface area contributed by atoms with Gasteiger partial charge in [0.15, 0.2) is 5.82 Å². The standard InChI is InChI=1S/C14H15N3OS/c1-10(15-7-6-14-16-9-18-17-14)13-8-11-4-2-3-5-12(11)19-13/h2-5,8-10,15H,6-7H2,1H3. The minimum Gasteiger partial charge on any atom is -0.343 e. The Morgan fingerprint density at radius 1 is 1.37 bits per heavy atom. The zero-order valence-corrected chi connectivity index (χ0v) is 11.5. The highest BCUT2D eigenvalue weighted by atomic mass is 32.1. The molecule has 3 aromatic rings. The highest BCUT2D eigenvalue weighted by Crippen LogP contribution is 2.29. The van der Waals surface area contributed by atoms with Gasteiger partial charge in [0.25, 0.3) is 0 Å². The molecule has 1 atom stereocenters. The highest BCUT2D eigenvalue weighted by Gasteiger charge is 2.09. The number of aromatic nitrogens is 2. The lowest BCUT2D eigenvalue weighted by Gasteiger charge is -2.10. The summed E-state index contributed by atoms with van der Waals surface area (Å²) in [6.45, 7) is 3.02. The van der Waals surface area contributed by atoms with Gasteiger partial charge in [-0.3, -0.25) is 0 Å². The van der Waals surface area contributed by atoms with Gasteiger partial charge in [-0.05, 0) is 24.4 Å². The molecule has 0 fully saturated rings. The van der Waals surface area contributed by atoms with E-state index in [0.29, 0.717) is 6.04 Å². The first kappa shape index (κ1) is 12.3. The van der Waals surface area contributed by atoms with Crippen LogP contribution in [0.5, 0.6) is 0 Å². The topological polar surface area (TPSA) is 51.0 Å². The monoisotopic (exact) mass is 273 g/mol. The molecule has 0 aliphatic rings. The molecule has 3 rings (SSSR count). The number of fused-ring (bicyclic) bond motifs is 1. The van der Waals surface area contributed by atoms with Crippen LogP contribution in [-0.2, 0) is 6.42 Å². The van der Waals surface area contributed by atoms with Crippen molar-refractivity contribution in [1.82, 2.24) is 15.5 Å². The smallest absolute Gasteiger partial charge is 0.213 e. The summed E-state index contributed by atoms with van der Waals surface area (Å²) in [5.74, 6) is 0.746. The summed E-state index contributed by atoms with van der Waals surface area (Å²) in [6, 6.07) is 11.1. The molecule has 1 unspecified atom stereocenters. The lowest BCUT2D eigenvalue weighted by molar-refractivity contribution is 0.408. The summed E-state index contributed by atoms with van der Waals surface area (Å²) < 4.78 is 6.05. The predicted octanol–water partition coefficient (Wildman–Crippen LogP) is 3.18. The molecule has 4 nitrogen and oxygen atoms in total. The Morgan fingerprint density at radius 2 is 2.26 bits per heavy atom. The maximum absolute atomic E-state index is 4.71. The van der Waals surface area contributed by atoms with Gasteiger partial charge < -0.3 is 9.84 Å². The molecule has 2 heterocycles. The molecule has 0 amide bonds. The zero-order valence-electron chi connectivity index (χ0n) is 10.7. The summed E-state index contributed by atoms with van der Waals surface area (Å²) in [6.07, 6.45) is 2.15. The van der Waals surface area contributed by atoms with E-state index in [0.717, 1.165) is 18.8 Å². The van der Waals surface area contributed by atoms with Crippen molar-refractivity contribution in [3.8, 4) is 0 Å². The minimum absolute atomic E-state index is 0.337. The maximum atomic E-state index is 4.71. The van der Waals surface area contributed by atoms with Gasteiger partial charge in [0, 0.05) is 28.6 Å². The van der Waals surface area contributed by atoms with Crippen molar-refractivity contribution in [2.45, 2.75) is 19.4 Å². The van der Waals surface area contributed by atoms with E-state index in [-0.39, 0.29) is 0 Å². The zero-order chi connectivity index (χ0) is 13.1. The third-order valence-electron chi connectivity index (χ3n) is 3.08. The van der Waals surface area contributed by atoms with Gasteiger partial charge >= 0.3 is 0 Å². The Morgan fingerprint density at radius 3 is 3.05 bits per heavy atom. The highest BCUT2D eigenvalue weighted by molar-refractivity contribution is 7.19. The van der Waals surface area contributed by atoms with Crippen molar-refractivity contribution >= 4 is 21.4 Å². The molecule has 98 valence electrons. The van der Waals surface area contributed by atoms with Crippen LogP contribution in [-0.4, -0.2) is 16.7 Å². The van der Waals surface area contributed by atoms with Crippen LogP contribution in [0.15, 0.2) is 41.2 Å². The van der Waals surface area contributed by atoms with Gasteiger partial charge in [-0.1, -0.05) is 23.4 Å². The second kappa shape index (κ2) is 5.50.